The third kappa shape index (κ3) is 4.35. The van der Waals surface area contributed by atoms with E-state index in [-0.39, 0.29) is 10.9 Å². The van der Waals surface area contributed by atoms with Crippen molar-refractivity contribution in [1.29, 1.82) is 0 Å². The van der Waals surface area contributed by atoms with Crippen LogP contribution < -0.4 is 20.7 Å². The van der Waals surface area contributed by atoms with E-state index >= 15 is 0 Å². The van der Waals surface area contributed by atoms with E-state index in [1.165, 1.54) is 0 Å². The molecule has 2 aromatic heterocycles. The van der Waals surface area contributed by atoms with E-state index in [2.05, 4.69) is 10.6 Å². The molecule has 0 aliphatic heterocycles. The lowest BCUT2D eigenvalue weighted by atomic mass is 10.1. The van der Waals surface area contributed by atoms with Crippen LogP contribution in [0.15, 0.2) is 206 Å². The highest BCUT2D eigenvalue weighted by Crippen LogP contribution is 2.41. The summed E-state index contributed by atoms with van der Waals surface area (Å²) in [5.41, 5.74) is 4.20. The average molecular weight is 682 g/mol. The Bertz CT molecular complexity index is 3480. The van der Waals surface area contributed by atoms with Gasteiger partial charge in [0, 0.05) is 32.9 Å². The van der Waals surface area contributed by atoms with E-state index < -0.39 is 114 Å². The largest absolute Gasteiger partial charge is 0.309 e. The summed E-state index contributed by atoms with van der Waals surface area (Å²) in [5, 5.41) is 1.91. The fourth-order valence-electron chi connectivity index (χ4n) is 7.69. The van der Waals surface area contributed by atoms with Crippen LogP contribution in [-0.2, 0) is 0 Å². The molecule has 0 unspecified atom stereocenters. The molecule has 2 heterocycles. The van der Waals surface area contributed by atoms with Gasteiger partial charge < -0.3 is 9.13 Å². The molecular weight excluding hydrogens is 633 g/mol. The minimum Gasteiger partial charge on any atom is -0.309 e. The van der Waals surface area contributed by atoms with Crippen LogP contribution in [0.3, 0.4) is 0 Å². The van der Waals surface area contributed by atoms with Gasteiger partial charge in [0.1, 0.15) is 0 Å². The quantitative estimate of drug-likeness (QED) is 0.122. The Morgan fingerprint density at radius 1 is 0.392 bits per heavy atom. The Balaban J connectivity index is 1.51. The van der Waals surface area contributed by atoms with Crippen molar-refractivity contribution in [2.24, 2.45) is 0 Å². The van der Waals surface area contributed by atoms with Crippen molar-refractivity contribution in [2.75, 3.05) is 0 Å². The smallest absolute Gasteiger partial charge is 0.181 e. The second-order valence-corrected chi connectivity index (χ2v) is 15.7. The summed E-state index contributed by atoms with van der Waals surface area (Å²) in [4.78, 5) is 0. The average Bonchev–Trinajstić information content (AvgIpc) is 3.85. The van der Waals surface area contributed by atoms with Gasteiger partial charge in [0.25, 0.3) is 0 Å². The standard InChI is InChI=1S/C48H34N2Si/c1-5-19-35(20-6-1)49-42-29-15-13-27-39(42)40-33-34-45-47(48(40)49)41-28-14-16-30-43(41)50(45)44-31-17-18-32-46(44)51(36-21-7-2-8-22-36,37-23-9-3-10-24-37)38-25-11-4-12-26-38/h1-34H/i2D,3D,4D,7D,8D,9D,10D,11D,12D,21D,22D,23D,24D,25D,26D. The predicted molar refractivity (Wildman–Crippen MR) is 219 cm³/mol. The topological polar surface area (TPSA) is 9.86 Å². The van der Waals surface area contributed by atoms with Crippen molar-refractivity contribution in [3.63, 3.8) is 0 Å². The first-order valence-electron chi connectivity index (χ1n) is 23.9. The maximum Gasteiger partial charge on any atom is 0.181 e. The Morgan fingerprint density at radius 3 is 1.53 bits per heavy atom. The summed E-state index contributed by atoms with van der Waals surface area (Å²) in [6.45, 7) is 0. The van der Waals surface area contributed by atoms with Gasteiger partial charge in [-0.2, -0.15) is 0 Å². The molecule has 0 saturated carbocycles. The number of hydrogen-bond donors (Lipinski definition) is 0. The van der Waals surface area contributed by atoms with Gasteiger partial charge in [0.2, 0.25) is 0 Å². The van der Waals surface area contributed by atoms with Crippen LogP contribution in [0, 0.1) is 0 Å². The molecule has 2 nitrogen and oxygen atoms in total. The first-order valence-corrected chi connectivity index (χ1v) is 18.4. The lowest BCUT2D eigenvalue weighted by molar-refractivity contribution is 1.18. The Labute approximate surface area is 319 Å². The second-order valence-electron chi connectivity index (χ2n) is 12.2. The van der Waals surface area contributed by atoms with Crippen LogP contribution in [0.2, 0.25) is 0 Å². The van der Waals surface area contributed by atoms with Crippen molar-refractivity contribution < 1.29 is 20.6 Å². The van der Waals surface area contributed by atoms with Gasteiger partial charge in [-0.15, -0.1) is 0 Å². The molecule has 3 heteroatoms. The minimum atomic E-state index is -5.46. The van der Waals surface area contributed by atoms with Gasteiger partial charge in [0.15, 0.2) is 8.07 Å². The summed E-state index contributed by atoms with van der Waals surface area (Å²) >= 11 is 0. The van der Waals surface area contributed by atoms with E-state index in [0.29, 0.717) is 11.0 Å². The maximum atomic E-state index is 9.62. The van der Waals surface area contributed by atoms with Crippen LogP contribution in [-0.4, -0.2) is 17.2 Å². The Hall–Kier alpha value is -6.42. The highest BCUT2D eigenvalue weighted by Gasteiger charge is 2.43. The lowest BCUT2D eigenvalue weighted by Crippen LogP contribution is -2.75. The normalized spacial score (nSPS) is 16.0. The summed E-state index contributed by atoms with van der Waals surface area (Å²) in [6, 6.07) is 23.7. The number of fused-ring (bicyclic) bond motifs is 7. The van der Waals surface area contributed by atoms with Crippen molar-refractivity contribution in [1.82, 2.24) is 9.13 Å². The van der Waals surface area contributed by atoms with E-state index in [0.717, 1.165) is 38.3 Å². The van der Waals surface area contributed by atoms with Crippen LogP contribution in [0.25, 0.3) is 55.0 Å². The van der Waals surface area contributed by atoms with Gasteiger partial charge in [0.05, 0.1) is 42.6 Å². The number of aromatic nitrogens is 2. The molecule has 0 amide bonds. The first-order chi connectivity index (χ1) is 31.6. The van der Waals surface area contributed by atoms with Crippen LogP contribution in [0.5, 0.6) is 0 Å². The van der Waals surface area contributed by atoms with Crippen LogP contribution >= 0.6 is 0 Å². The number of para-hydroxylation sites is 4. The zero-order valence-corrected chi connectivity index (χ0v) is 27.9. The van der Waals surface area contributed by atoms with E-state index in [9.17, 15) is 8.22 Å². The molecule has 10 rings (SSSR count). The van der Waals surface area contributed by atoms with E-state index in [4.69, 9.17) is 12.3 Å². The van der Waals surface area contributed by atoms with Gasteiger partial charge in [-0.1, -0.05) is 169 Å². The first kappa shape index (κ1) is 18.0. The van der Waals surface area contributed by atoms with Crippen molar-refractivity contribution >= 4 is 72.4 Å². The van der Waals surface area contributed by atoms with Gasteiger partial charge in [-0.25, -0.2) is 0 Å². The number of nitrogens with zero attached hydrogens (tertiary/aromatic N) is 2. The Morgan fingerprint density at radius 2 is 0.902 bits per heavy atom. The SMILES string of the molecule is [2H]c1c([2H])c([2H])c([Si](c2ccccc2-n2c3ccccc3c3c2ccc2c4ccccc4n(-c4ccccc4)c23)(c2c([2H])c([2H])c([2H])c([2H])c2[2H])c2c([2H])c([2H])c([2H])c([2H])c2[2H])c([2H])c1[2H]. The summed E-state index contributed by atoms with van der Waals surface area (Å²) in [7, 11) is -5.46. The maximum absolute atomic E-state index is 9.62. The molecule has 0 fully saturated rings. The summed E-state index contributed by atoms with van der Waals surface area (Å²) in [5.74, 6) is 0. The molecule has 0 aliphatic carbocycles. The fraction of sp³-hybridized carbons (Fsp3) is 0. The third-order valence-corrected chi connectivity index (χ3v) is 13.9. The number of benzene rings is 8. The summed E-state index contributed by atoms with van der Waals surface area (Å²) < 4.78 is 142. The molecule has 240 valence electrons. The second kappa shape index (κ2) is 11.9. The van der Waals surface area contributed by atoms with Crippen LogP contribution in [0.4, 0.5) is 0 Å². The molecular formula is C48H34N2Si. The van der Waals surface area contributed by atoms with E-state index in [1.54, 1.807) is 24.3 Å². The highest BCUT2D eigenvalue weighted by atomic mass is 28.3. The third-order valence-electron chi connectivity index (χ3n) is 9.66. The van der Waals surface area contributed by atoms with Crippen molar-refractivity contribution in [2.45, 2.75) is 0 Å². The molecule has 0 aliphatic rings. The molecule has 8 aromatic carbocycles. The van der Waals surface area contributed by atoms with Crippen molar-refractivity contribution in [3.05, 3.63) is 206 Å². The molecule has 10 aromatic rings. The molecule has 0 bridgehead atoms. The van der Waals surface area contributed by atoms with Crippen molar-refractivity contribution in [3.8, 4) is 11.4 Å². The fourth-order valence-corrected chi connectivity index (χ4v) is 11.7. The number of hydrogen-bond acceptors (Lipinski definition) is 0. The summed E-state index contributed by atoms with van der Waals surface area (Å²) in [6.07, 6.45) is 0. The van der Waals surface area contributed by atoms with Crippen LogP contribution in [0.1, 0.15) is 20.6 Å². The number of rotatable bonds is 6. The molecule has 51 heavy (non-hydrogen) atoms. The van der Waals surface area contributed by atoms with Gasteiger partial charge in [-0.05, 0) is 57.1 Å². The molecule has 0 saturated heterocycles. The minimum absolute atomic E-state index is 0.0342. The predicted octanol–water partition coefficient (Wildman–Crippen LogP) is 9.26. The Kier molecular flexibility index (Phi) is 4.19. The van der Waals surface area contributed by atoms with Gasteiger partial charge >= 0.3 is 0 Å². The lowest BCUT2D eigenvalue weighted by Gasteiger charge is -2.36. The molecule has 0 N–H and O–H groups in total. The zero-order chi connectivity index (χ0) is 46.8. The molecule has 0 radical (unpaired) electrons. The monoisotopic (exact) mass is 681 g/mol. The van der Waals surface area contributed by atoms with E-state index in [1.807, 2.05) is 89.5 Å². The van der Waals surface area contributed by atoms with Gasteiger partial charge in [-0.3, -0.25) is 0 Å². The molecule has 0 spiro atoms. The zero-order valence-electron chi connectivity index (χ0n) is 41.9. The molecule has 0 atom stereocenters. The highest BCUT2D eigenvalue weighted by molar-refractivity contribution is 7.20.